The summed E-state index contributed by atoms with van der Waals surface area (Å²) in [5.41, 5.74) is 9.65. The zero-order valence-corrected chi connectivity index (χ0v) is 19.4. The van der Waals surface area contributed by atoms with E-state index < -0.39 is 41.3 Å². The molecule has 1 heterocycles. The predicted octanol–water partition coefficient (Wildman–Crippen LogP) is 3.19. The lowest BCUT2D eigenvalue weighted by Crippen LogP contribution is -2.63. The van der Waals surface area contributed by atoms with E-state index in [2.05, 4.69) is 4.99 Å². The van der Waals surface area contributed by atoms with Gasteiger partial charge in [-0.3, -0.25) is 4.79 Å². The maximum atomic E-state index is 13.3. The molecule has 3 atom stereocenters. The summed E-state index contributed by atoms with van der Waals surface area (Å²) in [4.78, 5) is 29.4. The van der Waals surface area contributed by atoms with Gasteiger partial charge in [-0.2, -0.15) is 13.2 Å². The number of fused-ring (bicyclic) bond motifs is 1. The maximum absolute atomic E-state index is 13.3. The number of carbonyl (C=O) groups excluding carboxylic acids is 2. The molecule has 1 amide bonds. The molecule has 11 heteroatoms. The lowest BCUT2D eigenvalue weighted by atomic mass is 9.80. The molecule has 0 bridgehead atoms. The van der Waals surface area contributed by atoms with Crippen molar-refractivity contribution in [3.8, 4) is 5.75 Å². The number of unbranched alkanes of at least 4 members (excludes halogenated alkanes) is 1. The van der Waals surface area contributed by atoms with E-state index >= 15 is 0 Å². The number of carbonyl (C=O) groups is 2. The fourth-order valence-corrected chi connectivity index (χ4v) is 3.33. The van der Waals surface area contributed by atoms with Crippen molar-refractivity contribution in [2.75, 3.05) is 0 Å². The van der Waals surface area contributed by atoms with Crippen molar-refractivity contribution in [1.82, 2.24) is 5.32 Å². The Balaban J connectivity index is 2.63. The predicted molar refractivity (Wildman–Crippen MR) is 117 cm³/mol. The summed E-state index contributed by atoms with van der Waals surface area (Å²) in [6, 6.07) is 2.96. The minimum absolute atomic E-state index is 0.00406. The number of aliphatic imine (C=N–C) groups is 1. The minimum atomic E-state index is -5.15. The fraction of sp³-hybridized carbons (Fsp3) is 0.591. The Labute approximate surface area is 190 Å². The van der Waals surface area contributed by atoms with Crippen LogP contribution in [0, 0.1) is 0 Å². The molecule has 5 N–H and O–H groups in total. The number of amidine groups is 1. The Morgan fingerprint density at radius 2 is 1.91 bits per heavy atom. The molecule has 0 aromatic heterocycles. The molecule has 1 aliphatic rings. The molecular weight excluding hydrogens is 441 g/mol. The van der Waals surface area contributed by atoms with Gasteiger partial charge in [-0.15, -0.1) is 0 Å². The first-order valence-electron chi connectivity index (χ1n) is 10.6. The summed E-state index contributed by atoms with van der Waals surface area (Å²) < 4.78 is 50.4. The molecule has 33 heavy (non-hydrogen) atoms. The average Bonchev–Trinajstić information content (AvgIpc) is 2.68. The first-order valence-corrected chi connectivity index (χ1v) is 10.6. The second kappa shape index (κ2) is 9.58. The average molecular weight is 473 g/mol. The van der Waals surface area contributed by atoms with E-state index in [1.807, 2.05) is 12.2 Å². The van der Waals surface area contributed by atoms with Crippen LogP contribution in [0.1, 0.15) is 59.4 Å². The summed E-state index contributed by atoms with van der Waals surface area (Å²) in [7, 11) is 0. The lowest BCUT2D eigenvalue weighted by Gasteiger charge is -2.38. The van der Waals surface area contributed by atoms with Crippen molar-refractivity contribution in [1.29, 1.82) is 0 Å². The first kappa shape index (κ1) is 26.4. The highest BCUT2D eigenvalue weighted by Gasteiger charge is 2.50. The van der Waals surface area contributed by atoms with Crippen LogP contribution in [0.4, 0.5) is 18.9 Å². The number of benzene rings is 1. The molecule has 8 nitrogen and oxygen atoms in total. The van der Waals surface area contributed by atoms with Gasteiger partial charge in [-0.25, -0.2) is 9.79 Å². The molecule has 2 rings (SSSR count). The van der Waals surface area contributed by atoms with Gasteiger partial charge < -0.3 is 26.3 Å². The number of esters is 1. The van der Waals surface area contributed by atoms with Crippen molar-refractivity contribution in [3.63, 3.8) is 0 Å². The summed E-state index contributed by atoms with van der Waals surface area (Å²) in [6.45, 7) is 8.34. The molecule has 1 aliphatic heterocycles. The van der Waals surface area contributed by atoms with Crippen LogP contribution in [0.25, 0.3) is 0 Å². The second-order valence-corrected chi connectivity index (χ2v) is 9.02. The molecule has 184 valence electrons. The van der Waals surface area contributed by atoms with Crippen LogP contribution < -0.4 is 21.5 Å². The van der Waals surface area contributed by atoms with Crippen molar-refractivity contribution in [2.24, 2.45) is 16.5 Å². The zero-order chi connectivity index (χ0) is 25.2. The van der Waals surface area contributed by atoms with Gasteiger partial charge in [-0.1, -0.05) is 25.8 Å². The lowest BCUT2D eigenvalue weighted by molar-refractivity contribution is -0.176. The molecule has 0 spiro atoms. The molecule has 3 unspecified atom stereocenters. The Morgan fingerprint density at radius 3 is 2.45 bits per heavy atom. The number of rotatable bonds is 7. The van der Waals surface area contributed by atoms with Crippen LogP contribution in [0.2, 0.25) is 0 Å². The molecule has 0 saturated heterocycles. The molecule has 0 aliphatic carbocycles. The molecule has 0 fully saturated rings. The van der Waals surface area contributed by atoms with E-state index in [1.165, 1.54) is 18.2 Å². The molecule has 0 saturated carbocycles. The van der Waals surface area contributed by atoms with Gasteiger partial charge in [0.05, 0.1) is 6.04 Å². The Kier molecular flexibility index (Phi) is 7.67. The zero-order valence-electron chi connectivity index (χ0n) is 19.4. The number of nitrogens with two attached hydrogens (primary N) is 2. The van der Waals surface area contributed by atoms with Crippen LogP contribution in [-0.4, -0.2) is 41.6 Å². The highest BCUT2D eigenvalue weighted by molar-refractivity contribution is 5.91. The summed E-state index contributed by atoms with van der Waals surface area (Å²) in [5.74, 6) is -2.62. The van der Waals surface area contributed by atoms with Crippen molar-refractivity contribution in [2.45, 2.75) is 83.3 Å². The molecular formula is C22H31F3N4O4. The van der Waals surface area contributed by atoms with Crippen molar-refractivity contribution >= 4 is 23.4 Å². The topological polar surface area (TPSA) is 129 Å². The normalized spacial score (nSPS) is 18.8. The largest absolute Gasteiger partial charge is 0.481 e. The minimum Gasteiger partial charge on any atom is -0.481 e. The quantitative estimate of drug-likeness (QED) is 0.523. The van der Waals surface area contributed by atoms with Crippen LogP contribution in [-0.2, 0) is 19.9 Å². The number of hydrogen-bond donors (Lipinski definition) is 3. The highest BCUT2D eigenvalue weighted by atomic mass is 19.4. The number of halogens is 3. The number of hydrogen-bond acceptors (Lipinski definition) is 7. The highest BCUT2D eigenvalue weighted by Crippen LogP contribution is 2.38. The smallest absolute Gasteiger partial charge is 0.471 e. The Morgan fingerprint density at radius 1 is 1.27 bits per heavy atom. The van der Waals surface area contributed by atoms with E-state index in [0.717, 1.165) is 0 Å². The SMILES string of the molecule is CCCCC(NC(=O)C(F)(F)F)C(N)(C(=O)OC(C)(C)C)c1ccc2c(c1)N=C(N)C(C)O2. The van der Waals surface area contributed by atoms with Crippen LogP contribution in [0.5, 0.6) is 5.75 Å². The molecule has 1 aromatic rings. The van der Waals surface area contributed by atoms with E-state index in [1.54, 1.807) is 27.7 Å². The third kappa shape index (κ3) is 6.16. The monoisotopic (exact) mass is 472 g/mol. The number of alkyl halides is 3. The molecule has 1 aromatic carbocycles. The number of amides is 1. The summed E-state index contributed by atoms with van der Waals surface area (Å²) in [6.07, 6.45) is -4.62. The van der Waals surface area contributed by atoms with E-state index in [4.69, 9.17) is 20.9 Å². The van der Waals surface area contributed by atoms with Crippen LogP contribution >= 0.6 is 0 Å². The van der Waals surface area contributed by atoms with Gasteiger partial charge in [0, 0.05) is 0 Å². The number of nitrogens with one attached hydrogen (secondary N) is 1. The summed E-state index contributed by atoms with van der Waals surface area (Å²) >= 11 is 0. The van der Waals surface area contributed by atoms with Crippen LogP contribution in [0.3, 0.4) is 0 Å². The van der Waals surface area contributed by atoms with E-state index in [-0.39, 0.29) is 23.5 Å². The van der Waals surface area contributed by atoms with Crippen molar-refractivity contribution in [3.05, 3.63) is 23.8 Å². The number of nitrogens with zero attached hydrogens (tertiary/aromatic N) is 1. The molecule has 0 radical (unpaired) electrons. The van der Waals surface area contributed by atoms with Gasteiger partial charge in [0.15, 0.2) is 11.6 Å². The van der Waals surface area contributed by atoms with Crippen molar-refractivity contribution < 1.29 is 32.2 Å². The van der Waals surface area contributed by atoms with E-state index in [0.29, 0.717) is 18.6 Å². The number of ether oxygens (including phenoxy) is 2. The summed E-state index contributed by atoms with van der Waals surface area (Å²) in [5, 5.41) is 1.91. The third-order valence-corrected chi connectivity index (χ3v) is 5.10. The fourth-order valence-electron chi connectivity index (χ4n) is 3.33. The van der Waals surface area contributed by atoms with Gasteiger partial charge in [0.25, 0.3) is 0 Å². The van der Waals surface area contributed by atoms with Crippen LogP contribution in [0.15, 0.2) is 23.2 Å². The third-order valence-electron chi connectivity index (χ3n) is 5.10. The van der Waals surface area contributed by atoms with Gasteiger partial charge in [0.2, 0.25) is 0 Å². The maximum Gasteiger partial charge on any atom is 0.471 e. The van der Waals surface area contributed by atoms with Gasteiger partial charge in [0.1, 0.15) is 22.9 Å². The van der Waals surface area contributed by atoms with E-state index in [9.17, 15) is 22.8 Å². The Hall–Kier alpha value is -2.82. The van der Waals surface area contributed by atoms with Gasteiger partial charge in [-0.05, 0) is 51.8 Å². The first-order chi connectivity index (χ1) is 15.1. The van der Waals surface area contributed by atoms with Gasteiger partial charge >= 0.3 is 18.1 Å². The Bertz CT molecular complexity index is 927. The standard InChI is InChI=1S/C22H31F3N4O4/c1-6-7-8-16(29-18(30)22(23,24)25)21(27,19(31)33-20(3,4)5)13-9-10-15-14(11-13)28-17(26)12(2)32-15/h9-12,16H,6-8,27H2,1-5H3,(H2,26,28)(H,29,30). The second-order valence-electron chi connectivity index (χ2n) is 9.02.